The van der Waals surface area contributed by atoms with Crippen molar-refractivity contribution in [2.75, 3.05) is 59.0 Å². The predicted octanol–water partition coefficient (Wildman–Crippen LogP) is -0.341. The molecule has 76 valence electrons. The van der Waals surface area contributed by atoms with Gasteiger partial charge in [-0.1, -0.05) is 0 Å². The molecule has 3 heterocycles. The molecule has 2 bridgehead atoms. The molecule has 3 fully saturated rings. The standard InChI is InChI=1S/C10H22N2O/c1-2-11-3-6-12(7-4-11,8-5-11)9-10-13/h13H,2-10H2,1H3/q+2. The van der Waals surface area contributed by atoms with Crippen molar-refractivity contribution in [2.45, 2.75) is 6.92 Å². The summed E-state index contributed by atoms with van der Waals surface area (Å²) in [7, 11) is 0. The maximum absolute atomic E-state index is 9.03. The molecule has 0 aliphatic carbocycles. The number of hydrogen-bond acceptors (Lipinski definition) is 1. The van der Waals surface area contributed by atoms with Crippen molar-refractivity contribution in [2.24, 2.45) is 0 Å². The molecule has 0 unspecified atom stereocenters. The van der Waals surface area contributed by atoms with Crippen molar-refractivity contribution in [1.29, 1.82) is 0 Å². The fourth-order valence-corrected chi connectivity index (χ4v) is 2.97. The number of fused-ring (bicyclic) bond motifs is 3. The number of likely N-dealkylation sites (N-methyl/N-ethyl adjacent to an activating group) is 1. The topological polar surface area (TPSA) is 20.2 Å². The molecule has 3 aliphatic rings. The van der Waals surface area contributed by atoms with Crippen molar-refractivity contribution in [3.05, 3.63) is 0 Å². The second-order valence-electron chi connectivity index (χ2n) is 4.79. The van der Waals surface area contributed by atoms with Crippen LogP contribution >= 0.6 is 0 Å². The molecule has 3 heteroatoms. The van der Waals surface area contributed by atoms with Crippen LogP contribution in [0, 0.1) is 0 Å². The minimum Gasteiger partial charge on any atom is -0.391 e. The van der Waals surface area contributed by atoms with Gasteiger partial charge in [0.05, 0.1) is 13.2 Å². The molecule has 13 heavy (non-hydrogen) atoms. The summed E-state index contributed by atoms with van der Waals surface area (Å²) in [5, 5.41) is 9.03. The van der Waals surface area contributed by atoms with Gasteiger partial charge in [0.2, 0.25) is 0 Å². The summed E-state index contributed by atoms with van der Waals surface area (Å²) in [5.74, 6) is 0. The number of quaternary nitrogens is 2. The lowest BCUT2D eigenvalue weighted by atomic mass is 10.1. The van der Waals surface area contributed by atoms with Gasteiger partial charge in [-0.15, -0.1) is 0 Å². The maximum Gasteiger partial charge on any atom is 0.129 e. The van der Waals surface area contributed by atoms with E-state index in [-0.39, 0.29) is 0 Å². The second kappa shape index (κ2) is 3.23. The fourth-order valence-electron chi connectivity index (χ4n) is 2.97. The van der Waals surface area contributed by atoms with Crippen LogP contribution in [0.1, 0.15) is 6.92 Å². The van der Waals surface area contributed by atoms with E-state index >= 15 is 0 Å². The number of aliphatic hydroxyl groups is 1. The van der Waals surface area contributed by atoms with Crippen molar-refractivity contribution in [3.63, 3.8) is 0 Å². The van der Waals surface area contributed by atoms with E-state index < -0.39 is 0 Å². The number of piperazine rings is 3. The zero-order valence-corrected chi connectivity index (χ0v) is 8.71. The molecule has 0 aromatic carbocycles. The Labute approximate surface area is 80.7 Å². The van der Waals surface area contributed by atoms with Gasteiger partial charge in [-0.25, -0.2) is 0 Å². The minimum atomic E-state index is 0.367. The summed E-state index contributed by atoms with van der Waals surface area (Å²) in [5.41, 5.74) is 0. The summed E-state index contributed by atoms with van der Waals surface area (Å²) in [6.45, 7) is 12.9. The first-order chi connectivity index (χ1) is 6.24. The number of aliphatic hydroxyl groups excluding tert-OH is 1. The first-order valence-corrected chi connectivity index (χ1v) is 5.55. The van der Waals surface area contributed by atoms with E-state index in [4.69, 9.17) is 5.11 Å². The van der Waals surface area contributed by atoms with E-state index in [0.29, 0.717) is 6.61 Å². The molecular weight excluding hydrogens is 164 g/mol. The third-order valence-electron chi connectivity index (χ3n) is 4.39. The monoisotopic (exact) mass is 186 g/mol. The Balaban J connectivity index is 2.03. The van der Waals surface area contributed by atoms with E-state index in [1.165, 1.54) is 54.8 Å². The Morgan fingerprint density at radius 1 is 0.923 bits per heavy atom. The van der Waals surface area contributed by atoms with Gasteiger partial charge in [-0.3, -0.25) is 0 Å². The number of nitrogens with zero attached hydrogens (tertiary/aromatic N) is 2. The highest BCUT2D eigenvalue weighted by Gasteiger charge is 2.47. The summed E-state index contributed by atoms with van der Waals surface area (Å²) in [6.07, 6.45) is 0. The first-order valence-electron chi connectivity index (χ1n) is 5.55. The van der Waals surface area contributed by atoms with Crippen LogP contribution in [0.4, 0.5) is 0 Å². The molecular formula is C10H22N2O+2. The Hall–Kier alpha value is -0.120. The molecule has 3 rings (SSSR count). The first kappa shape index (κ1) is 9.44. The largest absolute Gasteiger partial charge is 0.391 e. The number of rotatable bonds is 3. The third-order valence-corrected chi connectivity index (χ3v) is 4.39. The van der Waals surface area contributed by atoms with E-state index in [1.807, 2.05) is 0 Å². The molecule has 3 saturated heterocycles. The van der Waals surface area contributed by atoms with Gasteiger partial charge < -0.3 is 14.1 Å². The van der Waals surface area contributed by atoms with Crippen molar-refractivity contribution >= 4 is 0 Å². The average molecular weight is 186 g/mol. The van der Waals surface area contributed by atoms with Gasteiger partial charge in [-0.2, -0.15) is 0 Å². The highest BCUT2D eigenvalue weighted by molar-refractivity contribution is 4.60. The van der Waals surface area contributed by atoms with Crippen LogP contribution in [0.5, 0.6) is 0 Å². The summed E-state index contributed by atoms with van der Waals surface area (Å²) < 4.78 is 2.56. The van der Waals surface area contributed by atoms with Crippen LogP contribution in [-0.4, -0.2) is 73.0 Å². The van der Waals surface area contributed by atoms with Crippen LogP contribution < -0.4 is 0 Å². The molecule has 0 atom stereocenters. The molecule has 0 aromatic heterocycles. The van der Waals surface area contributed by atoms with Gasteiger partial charge in [0.1, 0.15) is 45.8 Å². The lowest BCUT2D eigenvalue weighted by Crippen LogP contribution is -2.75. The van der Waals surface area contributed by atoms with Gasteiger partial charge in [0, 0.05) is 0 Å². The molecule has 3 aliphatic heterocycles. The highest BCUT2D eigenvalue weighted by Crippen LogP contribution is 2.25. The molecule has 0 aromatic rings. The van der Waals surface area contributed by atoms with Crippen LogP contribution in [0.2, 0.25) is 0 Å². The molecule has 1 N–H and O–H groups in total. The highest BCUT2D eigenvalue weighted by atomic mass is 16.3. The smallest absolute Gasteiger partial charge is 0.129 e. The maximum atomic E-state index is 9.03. The lowest BCUT2D eigenvalue weighted by molar-refractivity contribution is -1.08. The zero-order chi connectivity index (χ0) is 9.36. The molecule has 0 spiro atoms. The molecule has 0 saturated carbocycles. The van der Waals surface area contributed by atoms with Gasteiger partial charge in [0.15, 0.2) is 0 Å². The third kappa shape index (κ3) is 1.49. The quantitative estimate of drug-likeness (QED) is 0.598. The average Bonchev–Trinajstić information content (AvgIpc) is 2.21. The van der Waals surface area contributed by atoms with Gasteiger partial charge >= 0.3 is 0 Å². The SMILES string of the molecule is CC[N+]12CC[N+](CCO)(CC1)CC2. The number of hydrogen-bond donors (Lipinski definition) is 1. The van der Waals surface area contributed by atoms with Crippen molar-refractivity contribution in [1.82, 2.24) is 0 Å². The molecule has 3 nitrogen and oxygen atoms in total. The Morgan fingerprint density at radius 3 is 1.77 bits per heavy atom. The van der Waals surface area contributed by atoms with Crippen LogP contribution in [0.15, 0.2) is 0 Å². The summed E-state index contributed by atoms with van der Waals surface area (Å²) >= 11 is 0. The Bertz CT molecular complexity index is 169. The summed E-state index contributed by atoms with van der Waals surface area (Å²) in [6, 6.07) is 0. The van der Waals surface area contributed by atoms with E-state index in [9.17, 15) is 0 Å². The summed E-state index contributed by atoms with van der Waals surface area (Å²) in [4.78, 5) is 0. The van der Waals surface area contributed by atoms with Crippen molar-refractivity contribution in [3.8, 4) is 0 Å². The van der Waals surface area contributed by atoms with Gasteiger partial charge in [-0.05, 0) is 6.92 Å². The fraction of sp³-hybridized carbons (Fsp3) is 1.00. The van der Waals surface area contributed by atoms with Crippen molar-refractivity contribution < 1.29 is 14.1 Å². The Morgan fingerprint density at radius 2 is 1.38 bits per heavy atom. The minimum absolute atomic E-state index is 0.367. The van der Waals surface area contributed by atoms with E-state index in [2.05, 4.69) is 6.92 Å². The second-order valence-corrected chi connectivity index (χ2v) is 4.79. The van der Waals surface area contributed by atoms with E-state index in [0.717, 1.165) is 6.54 Å². The lowest BCUT2D eigenvalue weighted by Gasteiger charge is -2.55. The Kier molecular flexibility index (Phi) is 2.34. The predicted molar refractivity (Wildman–Crippen MR) is 52.2 cm³/mol. The molecule has 0 radical (unpaired) electrons. The van der Waals surface area contributed by atoms with Gasteiger partial charge in [0.25, 0.3) is 0 Å². The normalized spacial score (nSPS) is 43.8. The van der Waals surface area contributed by atoms with Crippen LogP contribution in [0.3, 0.4) is 0 Å². The van der Waals surface area contributed by atoms with Crippen LogP contribution in [0.25, 0.3) is 0 Å². The zero-order valence-electron chi connectivity index (χ0n) is 8.71. The van der Waals surface area contributed by atoms with E-state index in [1.54, 1.807) is 0 Å². The molecule has 0 amide bonds. The van der Waals surface area contributed by atoms with Crippen LogP contribution in [-0.2, 0) is 0 Å².